The number of imidazole rings is 1. The topological polar surface area (TPSA) is 46.4 Å². The molecule has 0 aliphatic carbocycles. The van der Waals surface area contributed by atoms with E-state index in [4.69, 9.17) is 4.98 Å². The van der Waals surface area contributed by atoms with Crippen LogP contribution in [0.4, 0.5) is 0 Å². The van der Waals surface area contributed by atoms with Crippen molar-refractivity contribution in [2.75, 3.05) is 0 Å². The smallest absolute Gasteiger partial charge is 0.221 e. The second kappa shape index (κ2) is 5.43. The highest BCUT2D eigenvalue weighted by Gasteiger charge is 2.31. The molecule has 0 spiro atoms. The summed E-state index contributed by atoms with van der Waals surface area (Å²) >= 11 is 1.80. The molecule has 3 aromatic heterocycles. The first kappa shape index (κ1) is 14.7. The van der Waals surface area contributed by atoms with E-state index in [1.165, 1.54) is 20.5 Å². The van der Waals surface area contributed by atoms with Crippen molar-refractivity contribution in [1.82, 2.24) is 14.7 Å². The fraction of sp³-hybridized carbons (Fsp3) is 0.200. The number of aryl methyl sites for hydroxylation is 1. The van der Waals surface area contributed by atoms with E-state index in [2.05, 4.69) is 40.9 Å². The third kappa shape index (κ3) is 2.19. The van der Waals surface area contributed by atoms with Crippen LogP contribution in [0.3, 0.4) is 0 Å². The molecule has 0 bridgehead atoms. The molecule has 1 aromatic carbocycles. The van der Waals surface area contributed by atoms with Crippen molar-refractivity contribution in [3.63, 3.8) is 0 Å². The lowest BCUT2D eigenvalue weighted by Crippen LogP contribution is -2.21. The van der Waals surface area contributed by atoms with Crippen LogP contribution in [0, 0.1) is 6.92 Å². The number of rotatable bonds is 1. The summed E-state index contributed by atoms with van der Waals surface area (Å²) in [5, 5.41) is 4.28. The lowest BCUT2D eigenvalue weighted by atomic mass is 9.95. The van der Waals surface area contributed by atoms with E-state index in [0.717, 1.165) is 17.0 Å². The maximum absolute atomic E-state index is 12.4. The van der Waals surface area contributed by atoms with Crippen molar-refractivity contribution in [3.05, 3.63) is 70.5 Å². The first-order valence-corrected chi connectivity index (χ1v) is 9.24. The van der Waals surface area contributed by atoms with Crippen LogP contribution in [-0.2, 0) is 11.3 Å². The van der Waals surface area contributed by atoms with Crippen LogP contribution in [0.2, 0.25) is 0 Å². The normalized spacial score (nSPS) is 17.5. The molecule has 0 fully saturated rings. The van der Waals surface area contributed by atoms with Crippen LogP contribution in [0.25, 0.3) is 15.7 Å². The van der Waals surface area contributed by atoms with E-state index in [1.807, 2.05) is 24.4 Å². The maximum atomic E-state index is 12.4. The highest BCUT2D eigenvalue weighted by molar-refractivity contribution is 7.19. The quantitative estimate of drug-likeness (QED) is 0.565. The average Bonchev–Trinajstić information content (AvgIpc) is 3.11. The van der Waals surface area contributed by atoms with Gasteiger partial charge in [0.2, 0.25) is 5.91 Å². The lowest BCUT2D eigenvalue weighted by Gasteiger charge is -2.15. The monoisotopic (exact) mass is 347 g/mol. The molecule has 1 aliphatic rings. The Balaban J connectivity index is 1.79. The van der Waals surface area contributed by atoms with E-state index in [1.54, 1.807) is 11.3 Å². The summed E-state index contributed by atoms with van der Waals surface area (Å²) in [6.07, 6.45) is 2.51. The zero-order chi connectivity index (χ0) is 17.0. The number of pyridine rings is 1. The van der Waals surface area contributed by atoms with Crippen molar-refractivity contribution in [3.8, 4) is 0 Å². The molecule has 124 valence electrons. The number of amides is 1. The van der Waals surface area contributed by atoms with Gasteiger partial charge in [-0.2, -0.15) is 0 Å². The molecule has 1 N–H and O–H groups in total. The predicted octanol–water partition coefficient (Wildman–Crippen LogP) is 4.01. The van der Waals surface area contributed by atoms with Gasteiger partial charge in [-0.1, -0.05) is 24.3 Å². The van der Waals surface area contributed by atoms with Gasteiger partial charge in [-0.15, -0.1) is 11.3 Å². The average molecular weight is 347 g/mol. The summed E-state index contributed by atoms with van der Waals surface area (Å²) in [4.78, 5) is 18.4. The van der Waals surface area contributed by atoms with Gasteiger partial charge in [0.05, 0.1) is 17.9 Å². The maximum Gasteiger partial charge on any atom is 0.221 e. The lowest BCUT2D eigenvalue weighted by molar-refractivity contribution is -0.121. The fourth-order valence-electron chi connectivity index (χ4n) is 3.84. The van der Waals surface area contributed by atoms with E-state index < -0.39 is 0 Å². The highest BCUT2D eigenvalue weighted by atomic mass is 32.1. The summed E-state index contributed by atoms with van der Waals surface area (Å²) in [6.45, 7) is 2.66. The molecule has 4 aromatic rings. The van der Waals surface area contributed by atoms with Crippen molar-refractivity contribution < 1.29 is 4.79 Å². The predicted molar refractivity (Wildman–Crippen MR) is 100 cm³/mol. The Hall–Kier alpha value is -2.66. The molecule has 0 unspecified atom stereocenters. The Morgan fingerprint density at radius 1 is 1.20 bits per heavy atom. The van der Waals surface area contributed by atoms with Gasteiger partial charge in [0.1, 0.15) is 5.65 Å². The van der Waals surface area contributed by atoms with E-state index in [9.17, 15) is 4.79 Å². The van der Waals surface area contributed by atoms with Gasteiger partial charge in [0, 0.05) is 28.1 Å². The molecule has 0 saturated heterocycles. The zero-order valence-electron chi connectivity index (χ0n) is 13.8. The molecule has 25 heavy (non-hydrogen) atoms. The van der Waals surface area contributed by atoms with Gasteiger partial charge in [0.15, 0.2) is 0 Å². The van der Waals surface area contributed by atoms with Gasteiger partial charge in [-0.3, -0.25) is 4.79 Å². The summed E-state index contributed by atoms with van der Waals surface area (Å²) < 4.78 is 3.42. The van der Waals surface area contributed by atoms with Crippen LogP contribution in [0.15, 0.2) is 48.7 Å². The molecule has 1 amide bonds. The van der Waals surface area contributed by atoms with E-state index >= 15 is 0 Å². The largest absolute Gasteiger partial charge is 0.350 e. The highest BCUT2D eigenvalue weighted by Crippen LogP contribution is 2.42. The van der Waals surface area contributed by atoms with Crippen LogP contribution >= 0.6 is 11.3 Å². The van der Waals surface area contributed by atoms with Gasteiger partial charge in [-0.25, -0.2) is 4.98 Å². The van der Waals surface area contributed by atoms with E-state index in [-0.39, 0.29) is 11.8 Å². The summed E-state index contributed by atoms with van der Waals surface area (Å²) in [7, 11) is 0. The number of benzene rings is 1. The molecule has 4 nitrogen and oxygen atoms in total. The molecule has 1 aliphatic heterocycles. The van der Waals surface area contributed by atoms with Gasteiger partial charge >= 0.3 is 0 Å². The molecule has 5 heteroatoms. The number of nitrogens with one attached hydrogen (secondary N) is 1. The van der Waals surface area contributed by atoms with Crippen molar-refractivity contribution in [1.29, 1.82) is 0 Å². The molecular weight excluding hydrogens is 330 g/mol. The first-order chi connectivity index (χ1) is 12.2. The van der Waals surface area contributed by atoms with Crippen LogP contribution in [0.1, 0.15) is 34.2 Å². The third-order valence-corrected chi connectivity index (χ3v) is 6.40. The Kier molecular flexibility index (Phi) is 3.18. The molecule has 1 atom stereocenters. The first-order valence-electron chi connectivity index (χ1n) is 8.43. The molecule has 0 saturated carbocycles. The fourth-order valence-corrected chi connectivity index (χ4v) is 5.16. The SMILES string of the molecule is Cc1c([C@H]2CC(=O)NCc3nc4ccccn4c32)sc2ccccc12. The number of hydrogen-bond donors (Lipinski definition) is 1. The van der Waals surface area contributed by atoms with Gasteiger partial charge < -0.3 is 9.72 Å². The zero-order valence-corrected chi connectivity index (χ0v) is 14.6. The standard InChI is InChI=1S/C20H17N3OS/c1-12-13-6-2-3-7-16(13)25-20(12)14-10-18(24)21-11-15-19(14)23-9-5-4-8-17(23)22-15/h2-9,14H,10-11H2,1H3,(H,21,24)/t14-/m0/s1. The van der Waals surface area contributed by atoms with E-state index in [0.29, 0.717) is 13.0 Å². The summed E-state index contributed by atoms with van der Waals surface area (Å²) in [6, 6.07) is 14.5. The minimum atomic E-state index is 0.0345. The minimum Gasteiger partial charge on any atom is -0.350 e. The number of nitrogens with zero attached hydrogens (tertiary/aromatic N) is 2. The number of carbonyl (C=O) groups excluding carboxylic acids is 1. The summed E-state index contributed by atoms with van der Waals surface area (Å²) in [5.74, 6) is 0.122. The number of fused-ring (bicyclic) bond motifs is 4. The van der Waals surface area contributed by atoms with Gasteiger partial charge in [0.25, 0.3) is 0 Å². The Labute approximate surface area is 149 Å². The number of aromatic nitrogens is 2. The second-order valence-corrected chi connectivity index (χ2v) is 7.58. The number of hydrogen-bond acceptors (Lipinski definition) is 3. The van der Waals surface area contributed by atoms with Crippen molar-refractivity contribution >= 4 is 33.0 Å². The van der Waals surface area contributed by atoms with Crippen molar-refractivity contribution in [2.24, 2.45) is 0 Å². The number of thiophene rings is 1. The second-order valence-electron chi connectivity index (χ2n) is 6.49. The Bertz CT molecular complexity index is 1120. The van der Waals surface area contributed by atoms with Gasteiger partial charge in [-0.05, 0) is 36.1 Å². The third-order valence-electron chi connectivity index (χ3n) is 5.01. The number of carbonyl (C=O) groups is 1. The molecule has 4 heterocycles. The molecule has 0 radical (unpaired) electrons. The summed E-state index contributed by atoms with van der Waals surface area (Å²) in [5.41, 5.74) is 4.33. The molecule has 5 rings (SSSR count). The minimum absolute atomic E-state index is 0.0345. The van der Waals surface area contributed by atoms with Crippen LogP contribution < -0.4 is 5.32 Å². The molecular formula is C20H17N3OS. The van der Waals surface area contributed by atoms with Crippen molar-refractivity contribution in [2.45, 2.75) is 25.8 Å². The van der Waals surface area contributed by atoms with Crippen LogP contribution in [0.5, 0.6) is 0 Å². The van der Waals surface area contributed by atoms with Crippen LogP contribution in [-0.4, -0.2) is 15.3 Å². The Morgan fingerprint density at radius 3 is 2.92 bits per heavy atom. The Morgan fingerprint density at radius 2 is 2.04 bits per heavy atom.